The maximum Gasteiger partial charge on any atom is 0.239 e. The van der Waals surface area contributed by atoms with Crippen LogP contribution in [0, 0.1) is 0 Å². The van der Waals surface area contributed by atoms with Crippen LogP contribution in [0.3, 0.4) is 0 Å². The summed E-state index contributed by atoms with van der Waals surface area (Å²) in [6, 6.07) is 0.718. The summed E-state index contributed by atoms with van der Waals surface area (Å²) >= 11 is 0. The van der Waals surface area contributed by atoms with Gasteiger partial charge in [-0.2, -0.15) is 0 Å². The number of likely N-dealkylation sites (N-methyl/N-ethyl adjacent to an activating group) is 1. The Labute approximate surface area is 114 Å². The number of nitrogens with one attached hydrogen (secondary N) is 2. The van der Waals surface area contributed by atoms with Gasteiger partial charge in [0.05, 0.1) is 13.1 Å². The molecule has 6 nitrogen and oxygen atoms in total. The van der Waals surface area contributed by atoms with Crippen molar-refractivity contribution in [2.24, 2.45) is 0 Å². The van der Waals surface area contributed by atoms with E-state index >= 15 is 0 Å². The molecular weight excluding hydrogens is 244 g/mol. The summed E-state index contributed by atoms with van der Waals surface area (Å²) < 4.78 is 0. The molecule has 0 aromatic heterocycles. The Morgan fingerprint density at radius 1 is 1.42 bits per heavy atom. The number of rotatable bonds is 5. The van der Waals surface area contributed by atoms with Crippen molar-refractivity contribution in [3.63, 3.8) is 0 Å². The number of amides is 2. The van der Waals surface area contributed by atoms with Gasteiger partial charge in [0, 0.05) is 38.8 Å². The van der Waals surface area contributed by atoms with Crippen LogP contribution < -0.4 is 10.6 Å². The first-order valence-electron chi connectivity index (χ1n) is 7.04. The van der Waals surface area contributed by atoms with E-state index in [1.165, 1.54) is 4.90 Å². The molecule has 0 spiro atoms. The summed E-state index contributed by atoms with van der Waals surface area (Å²) in [5.74, 6) is -0.0357. The lowest BCUT2D eigenvalue weighted by molar-refractivity contribution is -0.136. The lowest BCUT2D eigenvalue weighted by Crippen LogP contribution is -2.53. The normalized spacial score (nSPS) is 24.0. The van der Waals surface area contributed by atoms with Crippen molar-refractivity contribution in [3.8, 4) is 0 Å². The van der Waals surface area contributed by atoms with Gasteiger partial charge in [-0.25, -0.2) is 0 Å². The average molecular weight is 268 g/mol. The minimum absolute atomic E-state index is 0.0136. The fraction of sp³-hybridized carbons (Fsp3) is 0.846. The molecule has 1 aliphatic heterocycles. The summed E-state index contributed by atoms with van der Waals surface area (Å²) in [4.78, 5) is 27.4. The van der Waals surface area contributed by atoms with Crippen LogP contribution in [0.4, 0.5) is 0 Å². The lowest BCUT2D eigenvalue weighted by Gasteiger charge is -2.34. The highest BCUT2D eigenvalue weighted by Gasteiger charge is 2.25. The topological polar surface area (TPSA) is 64.7 Å². The summed E-state index contributed by atoms with van der Waals surface area (Å²) in [5.41, 5.74) is 0. The van der Waals surface area contributed by atoms with E-state index in [0.29, 0.717) is 18.6 Å². The molecule has 2 N–H and O–H groups in total. The van der Waals surface area contributed by atoms with E-state index in [9.17, 15) is 9.59 Å². The Bertz CT molecular complexity index is 344. The van der Waals surface area contributed by atoms with Crippen LogP contribution in [0.2, 0.25) is 0 Å². The second-order valence-electron chi connectivity index (χ2n) is 5.62. The zero-order chi connectivity index (χ0) is 13.8. The second-order valence-corrected chi connectivity index (χ2v) is 5.62. The molecule has 0 radical (unpaired) electrons. The first-order valence-corrected chi connectivity index (χ1v) is 7.04. The molecule has 0 aromatic carbocycles. The highest BCUT2D eigenvalue weighted by molar-refractivity contribution is 5.85. The monoisotopic (exact) mass is 268 g/mol. The SMILES string of the molecule is C[C@@H]1CNCCN1CC(=O)N(C)CC(=O)NC1CC1. The number of hydrogen-bond donors (Lipinski definition) is 2. The van der Waals surface area contributed by atoms with E-state index in [1.54, 1.807) is 7.05 Å². The Kier molecular flexibility index (Phi) is 4.76. The third kappa shape index (κ3) is 4.47. The average Bonchev–Trinajstić information content (AvgIpc) is 3.15. The van der Waals surface area contributed by atoms with Crippen LogP contribution in [-0.2, 0) is 9.59 Å². The molecule has 1 heterocycles. The second kappa shape index (κ2) is 6.34. The van der Waals surface area contributed by atoms with E-state index in [0.717, 1.165) is 32.5 Å². The van der Waals surface area contributed by atoms with Gasteiger partial charge in [-0.05, 0) is 19.8 Å². The van der Waals surface area contributed by atoms with Gasteiger partial charge in [-0.15, -0.1) is 0 Å². The molecule has 0 bridgehead atoms. The molecule has 1 saturated carbocycles. The molecule has 2 rings (SSSR count). The molecule has 6 heteroatoms. The molecule has 2 aliphatic rings. The quantitative estimate of drug-likeness (QED) is 0.672. The van der Waals surface area contributed by atoms with E-state index in [4.69, 9.17) is 0 Å². The first kappa shape index (κ1) is 14.3. The molecule has 2 amide bonds. The number of carbonyl (C=O) groups excluding carboxylic acids is 2. The van der Waals surface area contributed by atoms with Crippen LogP contribution in [0.5, 0.6) is 0 Å². The highest BCUT2D eigenvalue weighted by atomic mass is 16.2. The third-order valence-electron chi connectivity index (χ3n) is 3.73. The molecule has 0 aromatic rings. The largest absolute Gasteiger partial charge is 0.352 e. The molecule has 1 aliphatic carbocycles. The maximum absolute atomic E-state index is 12.1. The van der Waals surface area contributed by atoms with E-state index in [2.05, 4.69) is 22.5 Å². The Morgan fingerprint density at radius 3 is 2.79 bits per heavy atom. The summed E-state index contributed by atoms with van der Waals surface area (Å²) in [7, 11) is 1.70. The molecule has 0 unspecified atom stereocenters. The van der Waals surface area contributed by atoms with Crippen LogP contribution >= 0.6 is 0 Å². The lowest BCUT2D eigenvalue weighted by atomic mass is 10.2. The van der Waals surface area contributed by atoms with Crippen molar-refractivity contribution in [1.82, 2.24) is 20.4 Å². The minimum Gasteiger partial charge on any atom is -0.352 e. The zero-order valence-electron chi connectivity index (χ0n) is 11.8. The van der Waals surface area contributed by atoms with E-state index in [1.807, 2.05) is 0 Å². The van der Waals surface area contributed by atoms with E-state index in [-0.39, 0.29) is 18.4 Å². The van der Waals surface area contributed by atoms with Crippen molar-refractivity contribution in [2.45, 2.75) is 31.8 Å². The molecule has 19 heavy (non-hydrogen) atoms. The maximum atomic E-state index is 12.1. The van der Waals surface area contributed by atoms with Crippen molar-refractivity contribution in [3.05, 3.63) is 0 Å². The van der Waals surface area contributed by atoms with Crippen molar-refractivity contribution in [1.29, 1.82) is 0 Å². The third-order valence-corrected chi connectivity index (χ3v) is 3.73. The number of piperazine rings is 1. The number of nitrogens with zero attached hydrogens (tertiary/aromatic N) is 2. The van der Waals surface area contributed by atoms with Gasteiger partial charge >= 0.3 is 0 Å². The van der Waals surface area contributed by atoms with Crippen LogP contribution in [-0.4, -0.2) is 73.5 Å². The van der Waals surface area contributed by atoms with Gasteiger partial charge in [0.1, 0.15) is 0 Å². The Morgan fingerprint density at radius 2 is 2.16 bits per heavy atom. The van der Waals surface area contributed by atoms with Gasteiger partial charge in [0.25, 0.3) is 0 Å². The van der Waals surface area contributed by atoms with Crippen LogP contribution in [0.15, 0.2) is 0 Å². The molecule has 2 fully saturated rings. The first-order chi connectivity index (χ1) is 9.06. The molecule has 1 atom stereocenters. The predicted molar refractivity (Wildman–Crippen MR) is 72.7 cm³/mol. The highest BCUT2D eigenvalue weighted by Crippen LogP contribution is 2.18. The standard InChI is InChI=1S/C13H24N4O2/c1-10-7-14-5-6-17(10)9-13(19)16(2)8-12(18)15-11-3-4-11/h10-11,14H,3-9H2,1-2H3,(H,15,18)/t10-/m1/s1. The van der Waals surface area contributed by atoms with Gasteiger partial charge in [0.15, 0.2) is 0 Å². The zero-order valence-corrected chi connectivity index (χ0v) is 11.8. The summed E-state index contributed by atoms with van der Waals surface area (Å²) in [6.45, 7) is 5.39. The molecule has 1 saturated heterocycles. The number of carbonyl (C=O) groups is 2. The van der Waals surface area contributed by atoms with Gasteiger partial charge in [-0.3, -0.25) is 14.5 Å². The van der Waals surface area contributed by atoms with E-state index < -0.39 is 0 Å². The molecular formula is C13H24N4O2. The Balaban J connectivity index is 1.72. The van der Waals surface area contributed by atoms with Gasteiger partial charge in [-0.1, -0.05) is 0 Å². The van der Waals surface area contributed by atoms with Gasteiger partial charge < -0.3 is 15.5 Å². The van der Waals surface area contributed by atoms with Gasteiger partial charge in [0.2, 0.25) is 11.8 Å². The molecule has 108 valence electrons. The van der Waals surface area contributed by atoms with Crippen LogP contribution in [0.1, 0.15) is 19.8 Å². The smallest absolute Gasteiger partial charge is 0.239 e. The van der Waals surface area contributed by atoms with Crippen molar-refractivity contribution >= 4 is 11.8 Å². The minimum atomic E-state index is -0.0493. The summed E-state index contributed by atoms with van der Waals surface area (Å²) in [6.07, 6.45) is 2.14. The van der Waals surface area contributed by atoms with Crippen LogP contribution in [0.25, 0.3) is 0 Å². The number of hydrogen-bond acceptors (Lipinski definition) is 4. The van der Waals surface area contributed by atoms with Crippen molar-refractivity contribution < 1.29 is 9.59 Å². The summed E-state index contributed by atoms with van der Waals surface area (Å²) in [5, 5.41) is 6.19. The van der Waals surface area contributed by atoms with Crippen molar-refractivity contribution in [2.75, 3.05) is 39.8 Å². The fourth-order valence-electron chi connectivity index (χ4n) is 2.22. The predicted octanol–water partition coefficient (Wildman–Crippen LogP) is -0.983. The Hall–Kier alpha value is -1.14. The fourth-order valence-corrected chi connectivity index (χ4v) is 2.22.